The average molecular weight is 147 g/mol. The number of carboxylic acid groups (broad SMARTS) is 2. The maximum atomic E-state index is 9.90. The van der Waals surface area contributed by atoms with Gasteiger partial charge < -0.3 is 10.2 Å². The van der Waals surface area contributed by atoms with Crippen molar-refractivity contribution in [1.82, 2.24) is 0 Å². The fourth-order valence-corrected chi connectivity index (χ4v) is 0.552. The molecule has 0 saturated heterocycles. The third-order valence-corrected chi connectivity index (χ3v) is 1.03. The van der Waals surface area contributed by atoms with Crippen LogP contribution in [0.2, 0.25) is 0 Å². The third kappa shape index (κ3) is 6.94. The lowest BCUT2D eigenvalue weighted by atomic mass is 10.2. The van der Waals surface area contributed by atoms with E-state index in [0.717, 1.165) is 0 Å². The molecule has 0 saturated carbocycles. The molecule has 0 unspecified atom stereocenters. The Hall–Kier alpha value is -1.06. The van der Waals surface area contributed by atoms with Crippen molar-refractivity contribution in [3.05, 3.63) is 0 Å². The number of aliphatic carboxylic acids is 2. The largest absolute Gasteiger partial charge is 0.481 e. The predicted molar refractivity (Wildman–Crippen MR) is 33.7 cm³/mol. The first-order chi connectivity index (χ1) is 4.63. The quantitative estimate of drug-likeness (QED) is 0.443. The van der Waals surface area contributed by atoms with Crippen LogP contribution >= 0.6 is 0 Å². The van der Waals surface area contributed by atoms with Gasteiger partial charge in [0, 0.05) is 12.8 Å². The molecular weight excluding hydrogens is 137 g/mol. The summed E-state index contributed by atoms with van der Waals surface area (Å²) in [4.78, 5) is 19.8. The van der Waals surface area contributed by atoms with Gasteiger partial charge in [0.15, 0.2) is 0 Å². The molecule has 0 bridgehead atoms. The van der Waals surface area contributed by atoms with Gasteiger partial charge in [-0.1, -0.05) is 0 Å². The summed E-state index contributed by atoms with van der Waals surface area (Å²) < 4.78 is 0. The van der Waals surface area contributed by atoms with Crippen LogP contribution in [0.1, 0.15) is 25.7 Å². The molecular formula is C6H10O4. The van der Waals surface area contributed by atoms with Gasteiger partial charge in [-0.2, -0.15) is 0 Å². The fraction of sp³-hybridized carbons (Fsp3) is 0.667. The van der Waals surface area contributed by atoms with Gasteiger partial charge in [-0.15, -0.1) is 0 Å². The van der Waals surface area contributed by atoms with E-state index in [1.807, 2.05) is 0 Å². The molecule has 0 heterocycles. The molecule has 0 aliphatic carbocycles. The zero-order valence-electron chi connectivity index (χ0n) is 5.54. The van der Waals surface area contributed by atoms with Crippen molar-refractivity contribution < 1.29 is 19.8 Å². The van der Waals surface area contributed by atoms with E-state index in [4.69, 9.17) is 10.2 Å². The molecule has 10 heavy (non-hydrogen) atoms. The van der Waals surface area contributed by atoms with Crippen LogP contribution in [0.15, 0.2) is 0 Å². The first-order valence-electron chi connectivity index (χ1n) is 3.06. The molecule has 0 aliphatic rings. The van der Waals surface area contributed by atoms with Crippen LogP contribution in [-0.2, 0) is 9.59 Å². The van der Waals surface area contributed by atoms with Crippen LogP contribution in [-0.4, -0.2) is 22.2 Å². The van der Waals surface area contributed by atoms with Crippen molar-refractivity contribution in [3.8, 4) is 0 Å². The standard InChI is InChI=1S/C6H10O4/c7-5(8)3-1-2-4-6(9)10/h1-4H2,(H,7,8)(H,9,10)/i5+1. The van der Waals surface area contributed by atoms with Crippen LogP contribution in [0.4, 0.5) is 0 Å². The highest BCUT2D eigenvalue weighted by molar-refractivity contribution is 5.67. The number of carboxylic acids is 2. The number of unbranched alkanes of at least 4 members (excludes halogenated alkanes) is 1. The maximum absolute atomic E-state index is 9.90. The molecule has 0 aromatic heterocycles. The molecule has 0 fully saturated rings. The second-order valence-corrected chi connectivity index (χ2v) is 1.99. The van der Waals surface area contributed by atoms with Gasteiger partial charge in [0.05, 0.1) is 0 Å². The topological polar surface area (TPSA) is 74.6 Å². The Kier molecular flexibility index (Phi) is 4.28. The molecule has 4 nitrogen and oxygen atoms in total. The van der Waals surface area contributed by atoms with Crippen molar-refractivity contribution >= 4 is 11.9 Å². The fourth-order valence-electron chi connectivity index (χ4n) is 0.552. The first kappa shape index (κ1) is 8.94. The summed E-state index contributed by atoms with van der Waals surface area (Å²) in [6.45, 7) is 0. The highest BCUT2D eigenvalue weighted by atomic mass is 16.5. The summed E-state index contributed by atoms with van der Waals surface area (Å²) in [6, 6.07) is 0. The van der Waals surface area contributed by atoms with Crippen LogP contribution in [0.5, 0.6) is 0 Å². The van der Waals surface area contributed by atoms with E-state index in [1.54, 1.807) is 0 Å². The molecule has 58 valence electrons. The normalized spacial score (nSPS) is 9.20. The van der Waals surface area contributed by atoms with E-state index in [1.165, 1.54) is 0 Å². The minimum absolute atomic E-state index is 0.0628. The summed E-state index contributed by atoms with van der Waals surface area (Å²) >= 11 is 0. The molecule has 0 spiro atoms. The van der Waals surface area contributed by atoms with Gasteiger partial charge in [-0.05, 0) is 12.8 Å². The Morgan fingerprint density at radius 2 is 1.20 bits per heavy atom. The smallest absolute Gasteiger partial charge is 0.303 e. The highest BCUT2D eigenvalue weighted by Gasteiger charge is 1.99. The molecule has 2 N–H and O–H groups in total. The van der Waals surface area contributed by atoms with Crippen molar-refractivity contribution in [2.45, 2.75) is 25.7 Å². The average Bonchev–Trinajstić information content (AvgIpc) is 1.79. The third-order valence-electron chi connectivity index (χ3n) is 1.03. The lowest BCUT2D eigenvalue weighted by molar-refractivity contribution is -0.139. The van der Waals surface area contributed by atoms with Crippen LogP contribution < -0.4 is 0 Å². The SMILES string of the molecule is O=C(O)CCCC[13C](=O)O. The van der Waals surface area contributed by atoms with Gasteiger partial charge >= 0.3 is 11.9 Å². The predicted octanol–water partition coefficient (Wildman–Crippen LogP) is 0.716. The van der Waals surface area contributed by atoms with E-state index in [0.29, 0.717) is 12.8 Å². The lowest BCUT2D eigenvalue weighted by Crippen LogP contribution is -1.97. The first-order valence-corrected chi connectivity index (χ1v) is 3.06. The Labute approximate surface area is 58.5 Å². The Balaban J connectivity index is 3.06. The minimum Gasteiger partial charge on any atom is -0.481 e. The van der Waals surface area contributed by atoms with E-state index in [-0.39, 0.29) is 12.8 Å². The second-order valence-electron chi connectivity index (χ2n) is 1.99. The second kappa shape index (κ2) is 4.78. The number of hydrogen-bond donors (Lipinski definition) is 2. The summed E-state index contributed by atoms with van der Waals surface area (Å²) in [5.41, 5.74) is 0. The summed E-state index contributed by atoms with van der Waals surface area (Å²) in [5.74, 6) is -1.74. The van der Waals surface area contributed by atoms with Crippen LogP contribution in [0, 0.1) is 0 Å². The maximum Gasteiger partial charge on any atom is 0.303 e. The molecule has 0 rings (SSSR count). The molecule has 4 heteroatoms. The molecule has 0 aromatic rings. The summed E-state index contributed by atoms with van der Waals surface area (Å²) in [7, 11) is 0. The van der Waals surface area contributed by atoms with Crippen molar-refractivity contribution in [1.29, 1.82) is 0 Å². The van der Waals surface area contributed by atoms with Crippen molar-refractivity contribution in [3.63, 3.8) is 0 Å². The number of carbonyl (C=O) groups is 2. The van der Waals surface area contributed by atoms with E-state index in [2.05, 4.69) is 0 Å². The monoisotopic (exact) mass is 147 g/mol. The zero-order valence-corrected chi connectivity index (χ0v) is 5.54. The van der Waals surface area contributed by atoms with E-state index < -0.39 is 11.9 Å². The molecule has 0 radical (unpaired) electrons. The van der Waals surface area contributed by atoms with Gasteiger partial charge in [0.2, 0.25) is 0 Å². The van der Waals surface area contributed by atoms with Crippen LogP contribution in [0.25, 0.3) is 0 Å². The Morgan fingerprint density at radius 1 is 0.900 bits per heavy atom. The van der Waals surface area contributed by atoms with Crippen molar-refractivity contribution in [2.75, 3.05) is 0 Å². The molecule has 0 aliphatic heterocycles. The zero-order chi connectivity index (χ0) is 7.98. The van der Waals surface area contributed by atoms with Gasteiger partial charge in [0.25, 0.3) is 0 Å². The lowest BCUT2D eigenvalue weighted by Gasteiger charge is -1.92. The molecule has 0 amide bonds. The summed E-state index contributed by atoms with van der Waals surface area (Å²) in [6.07, 6.45) is 1.02. The number of rotatable bonds is 5. The van der Waals surface area contributed by atoms with E-state index >= 15 is 0 Å². The van der Waals surface area contributed by atoms with Crippen LogP contribution in [0.3, 0.4) is 0 Å². The Bertz CT molecular complexity index is 114. The molecule has 0 aromatic carbocycles. The highest BCUT2D eigenvalue weighted by Crippen LogP contribution is 1.98. The summed E-state index contributed by atoms with van der Waals surface area (Å²) in [5, 5.41) is 16.3. The van der Waals surface area contributed by atoms with Gasteiger partial charge in [-0.25, -0.2) is 0 Å². The number of hydrogen-bond acceptors (Lipinski definition) is 2. The van der Waals surface area contributed by atoms with E-state index in [9.17, 15) is 9.59 Å². The molecule has 0 atom stereocenters. The Morgan fingerprint density at radius 3 is 1.40 bits per heavy atom. The van der Waals surface area contributed by atoms with Crippen molar-refractivity contribution in [2.24, 2.45) is 0 Å². The van der Waals surface area contributed by atoms with Gasteiger partial charge in [0.1, 0.15) is 0 Å². The van der Waals surface area contributed by atoms with Gasteiger partial charge in [-0.3, -0.25) is 9.59 Å². The minimum atomic E-state index is -0.870.